The van der Waals surface area contributed by atoms with Crippen LogP contribution in [0, 0.1) is 18.7 Å². The van der Waals surface area contributed by atoms with Crippen molar-refractivity contribution in [2.45, 2.75) is 20.3 Å². The first-order valence-corrected chi connectivity index (χ1v) is 5.35. The van der Waals surface area contributed by atoms with Crippen LogP contribution in [-0.2, 0) is 4.79 Å². The molecule has 0 aliphatic rings. The summed E-state index contributed by atoms with van der Waals surface area (Å²) in [6.45, 7) is 3.98. The van der Waals surface area contributed by atoms with Crippen molar-refractivity contribution in [2.75, 3.05) is 11.9 Å². The molecule has 88 valence electrons. The lowest BCUT2D eigenvalue weighted by Crippen LogP contribution is -2.28. The predicted octanol–water partition coefficient (Wildman–Crippen LogP) is 2.06. The van der Waals surface area contributed by atoms with Gasteiger partial charge in [-0.15, -0.1) is 0 Å². The van der Waals surface area contributed by atoms with Crippen molar-refractivity contribution in [1.29, 1.82) is 0 Å². The summed E-state index contributed by atoms with van der Waals surface area (Å²) in [5.74, 6) is -0.727. The highest BCUT2D eigenvalue weighted by Crippen LogP contribution is 2.14. The molecule has 0 saturated carbocycles. The molecule has 3 nitrogen and oxygen atoms in total. The van der Waals surface area contributed by atoms with E-state index in [0.29, 0.717) is 18.7 Å². The number of hydrogen-bond acceptors (Lipinski definition) is 2. The summed E-state index contributed by atoms with van der Waals surface area (Å²) in [4.78, 5) is 11.7. The van der Waals surface area contributed by atoms with E-state index in [2.05, 4.69) is 5.32 Å². The van der Waals surface area contributed by atoms with Crippen LogP contribution in [0.1, 0.15) is 18.9 Å². The van der Waals surface area contributed by atoms with Crippen LogP contribution in [0.5, 0.6) is 0 Å². The van der Waals surface area contributed by atoms with Gasteiger partial charge in [-0.05, 0) is 37.1 Å². The van der Waals surface area contributed by atoms with Gasteiger partial charge in [0.1, 0.15) is 5.82 Å². The number of rotatable bonds is 4. The molecule has 0 spiro atoms. The third-order valence-electron chi connectivity index (χ3n) is 2.46. The van der Waals surface area contributed by atoms with Crippen LogP contribution in [0.25, 0.3) is 0 Å². The number of aryl methyl sites for hydroxylation is 1. The van der Waals surface area contributed by atoms with E-state index < -0.39 is 0 Å². The molecule has 0 aliphatic heterocycles. The van der Waals surface area contributed by atoms with Crippen molar-refractivity contribution < 1.29 is 9.18 Å². The molecule has 1 rings (SSSR count). The molecule has 3 N–H and O–H groups in total. The van der Waals surface area contributed by atoms with E-state index >= 15 is 0 Å². The summed E-state index contributed by atoms with van der Waals surface area (Å²) < 4.78 is 13.1. The lowest BCUT2D eigenvalue weighted by molar-refractivity contribution is -0.119. The summed E-state index contributed by atoms with van der Waals surface area (Å²) >= 11 is 0. The maximum Gasteiger partial charge on any atom is 0.228 e. The molecular formula is C12H17FN2O. The summed E-state index contributed by atoms with van der Waals surface area (Å²) in [7, 11) is 0. The molecular weight excluding hydrogens is 207 g/mol. The first-order chi connectivity index (χ1) is 7.56. The van der Waals surface area contributed by atoms with Gasteiger partial charge in [-0.3, -0.25) is 4.79 Å². The number of carbonyl (C=O) groups excluding carboxylic acids is 1. The minimum absolute atomic E-state index is 0.157. The second kappa shape index (κ2) is 5.61. The highest BCUT2D eigenvalue weighted by atomic mass is 19.1. The van der Waals surface area contributed by atoms with E-state index in [1.807, 2.05) is 6.92 Å². The zero-order chi connectivity index (χ0) is 12.1. The SMILES string of the molecule is CCC(CN)C(=O)Nc1cc(C)cc(F)c1. The standard InChI is InChI=1S/C12H17FN2O/c1-3-9(7-14)12(16)15-11-5-8(2)4-10(13)6-11/h4-6,9H,3,7,14H2,1-2H3,(H,15,16). The average Bonchev–Trinajstić information content (AvgIpc) is 2.17. The fourth-order valence-electron chi connectivity index (χ4n) is 1.51. The number of anilines is 1. The van der Waals surface area contributed by atoms with Gasteiger partial charge in [-0.2, -0.15) is 0 Å². The zero-order valence-corrected chi connectivity index (χ0v) is 9.59. The number of benzene rings is 1. The minimum Gasteiger partial charge on any atom is -0.330 e. The minimum atomic E-state index is -0.351. The van der Waals surface area contributed by atoms with Crippen LogP contribution in [0.2, 0.25) is 0 Å². The zero-order valence-electron chi connectivity index (χ0n) is 9.59. The largest absolute Gasteiger partial charge is 0.330 e. The topological polar surface area (TPSA) is 55.1 Å². The van der Waals surface area contributed by atoms with Crippen LogP contribution in [0.4, 0.5) is 10.1 Å². The van der Waals surface area contributed by atoms with Crippen LogP contribution in [0.3, 0.4) is 0 Å². The molecule has 0 radical (unpaired) electrons. The molecule has 0 saturated heterocycles. The summed E-state index contributed by atoms with van der Waals surface area (Å²) in [5.41, 5.74) is 6.72. The third kappa shape index (κ3) is 3.31. The molecule has 0 fully saturated rings. The van der Waals surface area contributed by atoms with Crippen LogP contribution < -0.4 is 11.1 Å². The molecule has 1 aromatic rings. The van der Waals surface area contributed by atoms with Gasteiger partial charge in [-0.25, -0.2) is 4.39 Å². The highest BCUT2D eigenvalue weighted by Gasteiger charge is 2.14. The first-order valence-electron chi connectivity index (χ1n) is 5.35. The Labute approximate surface area is 94.8 Å². The normalized spacial score (nSPS) is 12.2. The summed E-state index contributed by atoms with van der Waals surface area (Å²) in [5, 5.41) is 2.67. The van der Waals surface area contributed by atoms with Crippen molar-refractivity contribution in [1.82, 2.24) is 0 Å². The lowest BCUT2D eigenvalue weighted by atomic mass is 10.1. The fraction of sp³-hybridized carbons (Fsp3) is 0.417. The second-order valence-corrected chi connectivity index (χ2v) is 3.85. The number of halogens is 1. The summed E-state index contributed by atoms with van der Waals surface area (Å²) in [6, 6.07) is 4.44. The molecule has 0 bridgehead atoms. The quantitative estimate of drug-likeness (QED) is 0.822. The maximum absolute atomic E-state index is 13.1. The van der Waals surface area contributed by atoms with E-state index in [-0.39, 0.29) is 17.6 Å². The summed E-state index contributed by atoms with van der Waals surface area (Å²) in [6.07, 6.45) is 0.677. The Balaban J connectivity index is 2.76. The van der Waals surface area contributed by atoms with Crippen LogP contribution in [-0.4, -0.2) is 12.5 Å². The van der Waals surface area contributed by atoms with Crippen molar-refractivity contribution in [3.05, 3.63) is 29.6 Å². The Hall–Kier alpha value is -1.42. The molecule has 4 heteroatoms. The van der Waals surface area contributed by atoms with Crippen molar-refractivity contribution in [2.24, 2.45) is 11.7 Å². The van der Waals surface area contributed by atoms with Crippen LogP contribution in [0.15, 0.2) is 18.2 Å². The first kappa shape index (κ1) is 12.6. The van der Waals surface area contributed by atoms with Crippen molar-refractivity contribution in [3.63, 3.8) is 0 Å². The lowest BCUT2D eigenvalue weighted by Gasteiger charge is -2.13. The molecule has 1 atom stereocenters. The number of amides is 1. The van der Waals surface area contributed by atoms with Gasteiger partial charge in [-0.1, -0.05) is 6.92 Å². The average molecular weight is 224 g/mol. The van der Waals surface area contributed by atoms with Gasteiger partial charge < -0.3 is 11.1 Å². The van der Waals surface area contributed by atoms with Gasteiger partial charge in [0.15, 0.2) is 0 Å². The van der Waals surface area contributed by atoms with Gasteiger partial charge >= 0.3 is 0 Å². The fourth-order valence-corrected chi connectivity index (χ4v) is 1.51. The van der Waals surface area contributed by atoms with E-state index in [1.165, 1.54) is 12.1 Å². The van der Waals surface area contributed by atoms with E-state index in [0.717, 1.165) is 5.56 Å². The van der Waals surface area contributed by atoms with E-state index in [1.54, 1.807) is 13.0 Å². The molecule has 0 heterocycles. The Morgan fingerprint density at radius 2 is 2.19 bits per heavy atom. The number of hydrogen-bond donors (Lipinski definition) is 2. The number of nitrogens with two attached hydrogens (primary N) is 1. The van der Waals surface area contributed by atoms with Gasteiger partial charge in [0.25, 0.3) is 0 Å². The molecule has 1 unspecified atom stereocenters. The predicted molar refractivity (Wildman–Crippen MR) is 62.6 cm³/mol. The third-order valence-corrected chi connectivity index (χ3v) is 2.46. The van der Waals surface area contributed by atoms with Crippen LogP contribution >= 0.6 is 0 Å². The molecule has 0 aromatic heterocycles. The Morgan fingerprint density at radius 3 is 2.69 bits per heavy atom. The second-order valence-electron chi connectivity index (χ2n) is 3.85. The number of nitrogens with one attached hydrogen (secondary N) is 1. The molecule has 16 heavy (non-hydrogen) atoms. The van der Waals surface area contributed by atoms with E-state index in [4.69, 9.17) is 5.73 Å². The maximum atomic E-state index is 13.1. The van der Waals surface area contributed by atoms with Crippen molar-refractivity contribution >= 4 is 11.6 Å². The van der Waals surface area contributed by atoms with Gasteiger partial charge in [0.05, 0.1) is 5.92 Å². The smallest absolute Gasteiger partial charge is 0.228 e. The Morgan fingerprint density at radius 1 is 1.50 bits per heavy atom. The monoisotopic (exact) mass is 224 g/mol. The van der Waals surface area contributed by atoms with Gasteiger partial charge in [0.2, 0.25) is 5.91 Å². The van der Waals surface area contributed by atoms with E-state index in [9.17, 15) is 9.18 Å². The van der Waals surface area contributed by atoms with Crippen molar-refractivity contribution in [3.8, 4) is 0 Å². The van der Waals surface area contributed by atoms with Gasteiger partial charge in [0, 0.05) is 12.2 Å². The molecule has 1 aromatic carbocycles. The molecule has 1 amide bonds. The number of carbonyl (C=O) groups is 1. The Kier molecular flexibility index (Phi) is 4.43. The highest BCUT2D eigenvalue weighted by molar-refractivity contribution is 5.92. The molecule has 0 aliphatic carbocycles. The Bertz CT molecular complexity index is 355.